The number of piperazine rings is 1. The summed E-state index contributed by atoms with van der Waals surface area (Å²) in [6.07, 6.45) is 5.39. The molecule has 2 aliphatic rings. The van der Waals surface area contributed by atoms with Crippen LogP contribution < -0.4 is 15.5 Å². The van der Waals surface area contributed by atoms with Crippen LogP contribution in [0.5, 0.6) is 0 Å². The third-order valence-electron chi connectivity index (χ3n) is 5.43. The maximum Gasteiger partial charge on any atom is 0.191 e. The maximum atomic E-state index is 5.71. The Morgan fingerprint density at radius 2 is 2.13 bits per heavy atom. The highest BCUT2D eigenvalue weighted by molar-refractivity contribution is 14.0. The molecule has 1 atom stereocenters. The van der Waals surface area contributed by atoms with Crippen molar-refractivity contribution in [1.82, 2.24) is 20.5 Å². The Bertz CT molecular complexity index is 634. The van der Waals surface area contributed by atoms with Crippen molar-refractivity contribution in [3.63, 3.8) is 0 Å². The average Bonchev–Trinajstić information content (AvgIpc) is 3.27. The number of rotatable bonds is 9. The fourth-order valence-corrected chi connectivity index (χ4v) is 3.64. The maximum absolute atomic E-state index is 5.71. The topological polar surface area (TPSA) is 74.2 Å². The minimum atomic E-state index is 0. The minimum absolute atomic E-state index is 0. The highest BCUT2D eigenvalue weighted by Crippen LogP contribution is 2.18. The number of hydrogen-bond acceptors (Lipinski definition) is 6. The number of likely N-dealkylation sites (N-methyl/N-ethyl adjacent to an activating group) is 1. The Morgan fingerprint density at radius 1 is 1.30 bits per heavy atom. The average molecular weight is 532 g/mol. The van der Waals surface area contributed by atoms with E-state index in [1.165, 1.54) is 5.56 Å². The van der Waals surface area contributed by atoms with Crippen LogP contribution in [0.2, 0.25) is 0 Å². The number of guanidine groups is 1. The molecule has 1 unspecified atom stereocenters. The molecule has 1 aromatic rings. The number of pyridine rings is 1. The predicted molar refractivity (Wildman–Crippen MR) is 132 cm³/mol. The van der Waals surface area contributed by atoms with Gasteiger partial charge in [-0.15, -0.1) is 24.0 Å². The van der Waals surface area contributed by atoms with E-state index in [1.54, 1.807) is 7.05 Å². The molecule has 0 amide bonds. The third kappa shape index (κ3) is 8.16. The Hall–Kier alpha value is -1.17. The molecule has 30 heavy (non-hydrogen) atoms. The Morgan fingerprint density at radius 3 is 2.87 bits per heavy atom. The summed E-state index contributed by atoms with van der Waals surface area (Å²) in [5, 5.41) is 6.77. The van der Waals surface area contributed by atoms with Crippen LogP contribution in [0.1, 0.15) is 24.8 Å². The number of anilines is 1. The summed E-state index contributed by atoms with van der Waals surface area (Å²) in [4.78, 5) is 13.7. The van der Waals surface area contributed by atoms with Crippen LogP contribution >= 0.6 is 24.0 Å². The van der Waals surface area contributed by atoms with Gasteiger partial charge < -0.3 is 29.9 Å². The molecule has 0 spiro atoms. The molecule has 8 nitrogen and oxygen atoms in total. The van der Waals surface area contributed by atoms with Crippen molar-refractivity contribution < 1.29 is 9.47 Å². The van der Waals surface area contributed by atoms with Gasteiger partial charge in [0, 0.05) is 71.3 Å². The SMILES string of the molecule is CN=C(NCCCOCC1CCCO1)NCc1cccnc1N1CCN(C)CC1.I. The second kappa shape index (κ2) is 14.0. The van der Waals surface area contributed by atoms with Crippen LogP contribution in [0.3, 0.4) is 0 Å². The largest absolute Gasteiger partial charge is 0.379 e. The number of aliphatic imine (C=N–C) groups is 1. The monoisotopic (exact) mass is 532 g/mol. The van der Waals surface area contributed by atoms with E-state index in [9.17, 15) is 0 Å². The smallest absolute Gasteiger partial charge is 0.191 e. The van der Waals surface area contributed by atoms with E-state index < -0.39 is 0 Å². The Balaban J connectivity index is 0.00000320. The first-order chi connectivity index (χ1) is 14.3. The summed E-state index contributed by atoms with van der Waals surface area (Å²) in [6, 6.07) is 4.14. The number of nitrogens with one attached hydrogen (secondary N) is 2. The van der Waals surface area contributed by atoms with Crippen LogP contribution in [-0.4, -0.2) is 88.6 Å². The molecule has 2 aliphatic heterocycles. The first-order valence-corrected chi connectivity index (χ1v) is 10.8. The lowest BCUT2D eigenvalue weighted by Crippen LogP contribution is -2.45. The molecule has 2 fully saturated rings. The number of ether oxygens (including phenoxy) is 2. The van der Waals surface area contributed by atoms with E-state index in [4.69, 9.17) is 9.47 Å². The number of aromatic nitrogens is 1. The standard InChI is InChI=1S/C21H36N6O2.HI/c1-22-21(24-9-5-14-28-17-19-7-4-15-29-19)25-16-18-6-3-8-23-20(18)27-12-10-26(2)11-13-27;/h3,6,8,19H,4-5,7,9-17H2,1-2H3,(H2,22,24,25);1H. The van der Waals surface area contributed by atoms with Crippen molar-refractivity contribution in [2.24, 2.45) is 4.99 Å². The van der Waals surface area contributed by atoms with Gasteiger partial charge in [-0.2, -0.15) is 0 Å². The van der Waals surface area contributed by atoms with Gasteiger partial charge in [-0.3, -0.25) is 4.99 Å². The van der Waals surface area contributed by atoms with Crippen molar-refractivity contribution in [3.8, 4) is 0 Å². The van der Waals surface area contributed by atoms with E-state index in [0.29, 0.717) is 19.3 Å². The molecule has 3 rings (SSSR count). The molecule has 3 heterocycles. The summed E-state index contributed by atoms with van der Waals surface area (Å²) >= 11 is 0. The molecule has 0 radical (unpaired) electrons. The fraction of sp³-hybridized carbons (Fsp3) is 0.714. The molecule has 0 aliphatic carbocycles. The van der Waals surface area contributed by atoms with E-state index in [-0.39, 0.29) is 24.0 Å². The number of hydrogen-bond donors (Lipinski definition) is 2. The molecule has 170 valence electrons. The van der Waals surface area contributed by atoms with Gasteiger partial charge in [0.05, 0.1) is 12.7 Å². The normalized spacial score (nSPS) is 20.1. The van der Waals surface area contributed by atoms with Crippen LogP contribution in [0, 0.1) is 0 Å². The lowest BCUT2D eigenvalue weighted by molar-refractivity contribution is 0.0168. The van der Waals surface area contributed by atoms with Gasteiger partial charge in [0.15, 0.2) is 5.96 Å². The molecule has 2 saturated heterocycles. The predicted octanol–water partition coefficient (Wildman–Crippen LogP) is 1.70. The van der Waals surface area contributed by atoms with Crippen LogP contribution in [0.25, 0.3) is 0 Å². The molecule has 0 saturated carbocycles. The second-order valence-electron chi connectivity index (χ2n) is 7.69. The Labute approximate surface area is 197 Å². The summed E-state index contributed by atoms with van der Waals surface area (Å²) < 4.78 is 11.3. The lowest BCUT2D eigenvalue weighted by atomic mass is 10.2. The van der Waals surface area contributed by atoms with E-state index >= 15 is 0 Å². The lowest BCUT2D eigenvalue weighted by Gasteiger charge is -2.34. The molecule has 0 aromatic carbocycles. The minimum Gasteiger partial charge on any atom is -0.379 e. The zero-order chi connectivity index (χ0) is 20.3. The van der Waals surface area contributed by atoms with Crippen LogP contribution in [0.4, 0.5) is 5.82 Å². The quantitative estimate of drug-likeness (QED) is 0.217. The molecule has 2 N–H and O–H groups in total. The van der Waals surface area contributed by atoms with Gasteiger partial charge >= 0.3 is 0 Å². The first kappa shape index (κ1) is 25.1. The second-order valence-corrected chi connectivity index (χ2v) is 7.69. The number of halogens is 1. The van der Waals surface area contributed by atoms with Gasteiger partial charge in [-0.05, 0) is 32.4 Å². The van der Waals surface area contributed by atoms with E-state index in [1.807, 2.05) is 12.3 Å². The highest BCUT2D eigenvalue weighted by Gasteiger charge is 2.18. The molecular weight excluding hydrogens is 495 g/mol. The summed E-state index contributed by atoms with van der Waals surface area (Å²) in [7, 11) is 3.97. The summed E-state index contributed by atoms with van der Waals surface area (Å²) in [5.74, 6) is 1.88. The molecular formula is C21H37IN6O2. The zero-order valence-corrected chi connectivity index (χ0v) is 20.6. The van der Waals surface area contributed by atoms with Crippen molar-refractivity contribution in [2.75, 3.05) is 71.5 Å². The van der Waals surface area contributed by atoms with Crippen molar-refractivity contribution >= 4 is 35.8 Å². The van der Waals surface area contributed by atoms with Crippen molar-refractivity contribution in [1.29, 1.82) is 0 Å². The van der Waals surface area contributed by atoms with Gasteiger partial charge in [-0.25, -0.2) is 4.98 Å². The molecule has 1 aromatic heterocycles. The fourth-order valence-electron chi connectivity index (χ4n) is 3.64. The van der Waals surface area contributed by atoms with Crippen LogP contribution in [-0.2, 0) is 16.0 Å². The van der Waals surface area contributed by atoms with Gasteiger partial charge in [0.25, 0.3) is 0 Å². The van der Waals surface area contributed by atoms with Crippen molar-refractivity contribution in [2.45, 2.75) is 31.9 Å². The van der Waals surface area contributed by atoms with Gasteiger partial charge in [0.2, 0.25) is 0 Å². The molecule has 9 heteroatoms. The highest BCUT2D eigenvalue weighted by atomic mass is 127. The molecule has 0 bridgehead atoms. The van der Waals surface area contributed by atoms with E-state index in [0.717, 1.165) is 77.0 Å². The van der Waals surface area contributed by atoms with Crippen molar-refractivity contribution in [3.05, 3.63) is 23.9 Å². The zero-order valence-electron chi connectivity index (χ0n) is 18.3. The Kier molecular flexibility index (Phi) is 11.7. The van der Waals surface area contributed by atoms with Gasteiger partial charge in [-0.1, -0.05) is 6.07 Å². The first-order valence-electron chi connectivity index (χ1n) is 10.8. The van der Waals surface area contributed by atoms with Crippen LogP contribution in [0.15, 0.2) is 23.3 Å². The number of nitrogens with zero attached hydrogens (tertiary/aromatic N) is 4. The van der Waals surface area contributed by atoms with E-state index in [2.05, 4.69) is 43.5 Å². The van der Waals surface area contributed by atoms with Gasteiger partial charge in [0.1, 0.15) is 5.82 Å². The third-order valence-corrected chi connectivity index (χ3v) is 5.43. The summed E-state index contributed by atoms with van der Waals surface area (Å²) in [5.41, 5.74) is 1.19. The summed E-state index contributed by atoms with van der Waals surface area (Å²) in [6.45, 7) is 8.02.